The molecule has 0 bridgehead atoms. The second kappa shape index (κ2) is 10.00. The van der Waals surface area contributed by atoms with Crippen molar-refractivity contribution in [1.82, 2.24) is 15.5 Å². The summed E-state index contributed by atoms with van der Waals surface area (Å²) in [6.45, 7) is 8.83. The molecule has 1 rings (SSSR count). The molecule has 5 heteroatoms. The molecule has 1 saturated heterocycles. The van der Waals surface area contributed by atoms with E-state index in [4.69, 9.17) is 0 Å². The number of likely N-dealkylation sites (tertiary alicyclic amines) is 1. The third-order valence-electron chi connectivity index (χ3n) is 4.11. The Morgan fingerprint density at radius 2 is 2.00 bits per heavy atom. The van der Waals surface area contributed by atoms with Gasteiger partial charge in [0.25, 0.3) is 0 Å². The van der Waals surface area contributed by atoms with Gasteiger partial charge in [-0.1, -0.05) is 20.3 Å². The van der Waals surface area contributed by atoms with Crippen LogP contribution in [-0.2, 0) is 0 Å². The van der Waals surface area contributed by atoms with E-state index in [-0.39, 0.29) is 6.03 Å². The van der Waals surface area contributed by atoms with Crippen LogP contribution < -0.4 is 10.6 Å². The highest BCUT2D eigenvalue weighted by atomic mass is 16.3. The molecule has 0 aliphatic carbocycles. The Kier molecular flexibility index (Phi) is 8.62. The lowest BCUT2D eigenvalue weighted by molar-refractivity contribution is 0.160. The molecular formula is C15H31N3O2. The van der Waals surface area contributed by atoms with Crippen molar-refractivity contribution in [2.45, 2.75) is 52.1 Å². The number of urea groups is 1. The Balaban J connectivity index is 2.02. The van der Waals surface area contributed by atoms with Gasteiger partial charge in [-0.3, -0.25) is 0 Å². The molecule has 5 nitrogen and oxygen atoms in total. The van der Waals surface area contributed by atoms with Gasteiger partial charge in [-0.05, 0) is 51.2 Å². The summed E-state index contributed by atoms with van der Waals surface area (Å²) in [5.74, 6) is 0.740. The number of hydrogen-bond donors (Lipinski definition) is 3. The molecule has 0 aromatic carbocycles. The fraction of sp³-hybridized carbons (Fsp3) is 0.933. The van der Waals surface area contributed by atoms with Crippen molar-refractivity contribution in [3.63, 3.8) is 0 Å². The van der Waals surface area contributed by atoms with Crippen molar-refractivity contribution >= 4 is 6.03 Å². The van der Waals surface area contributed by atoms with E-state index in [1.165, 1.54) is 25.9 Å². The topological polar surface area (TPSA) is 64.6 Å². The highest BCUT2D eigenvalue weighted by molar-refractivity contribution is 5.73. The molecule has 2 amide bonds. The molecule has 0 aromatic rings. The predicted molar refractivity (Wildman–Crippen MR) is 81.8 cm³/mol. The smallest absolute Gasteiger partial charge is 0.314 e. The summed E-state index contributed by atoms with van der Waals surface area (Å²) < 4.78 is 0. The van der Waals surface area contributed by atoms with E-state index in [1.54, 1.807) is 0 Å². The molecule has 1 aliphatic heterocycles. The molecule has 1 atom stereocenters. The van der Waals surface area contributed by atoms with Crippen LogP contribution in [0.1, 0.15) is 46.0 Å². The zero-order valence-electron chi connectivity index (χ0n) is 13.0. The average Bonchev–Trinajstić information content (AvgIpc) is 2.46. The monoisotopic (exact) mass is 285 g/mol. The van der Waals surface area contributed by atoms with Crippen LogP contribution in [0.15, 0.2) is 0 Å². The van der Waals surface area contributed by atoms with Gasteiger partial charge in [-0.25, -0.2) is 4.79 Å². The largest absolute Gasteiger partial charge is 0.391 e. The van der Waals surface area contributed by atoms with Gasteiger partial charge >= 0.3 is 6.03 Å². The summed E-state index contributed by atoms with van der Waals surface area (Å²) in [4.78, 5) is 14.0. The van der Waals surface area contributed by atoms with Gasteiger partial charge in [-0.15, -0.1) is 0 Å². The van der Waals surface area contributed by atoms with E-state index in [0.29, 0.717) is 6.54 Å². The van der Waals surface area contributed by atoms with E-state index in [9.17, 15) is 9.90 Å². The molecule has 118 valence electrons. The molecule has 1 fully saturated rings. The predicted octanol–water partition coefficient (Wildman–Crippen LogP) is 1.57. The van der Waals surface area contributed by atoms with Crippen LogP contribution in [0.2, 0.25) is 0 Å². The van der Waals surface area contributed by atoms with E-state index in [0.717, 1.165) is 38.3 Å². The molecule has 1 aliphatic rings. The van der Waals surface area contributed by atoms with Gasteiger partial charge < -0.3 is 20.6 Å². The second-order valence-electron chi connectivity index (χ2n) is 5.75. The number of nitrogens with one attached hydrogen (secondary N) is 2. The number of piperidine rings is 1. The van der Waals surface area contributed by atoms with Gasteiger partial charge in [0.15, 0.2) is 0 Å². The van der Waals surface area contributed by atoms with Crippen molar-refractivity contribution in [2.24, 2.45) is 5.92 Å². The number of amides is 2. The van der Waals surface area contributed by atoms with Crippen molar-refractivity contribution in [3.05, 3.63) is 0 Å². The third-order valence-corrected chi connectivity index (χ3v) is 4.11. The lowest BCUT2D eigenvalue weighted by Gasteiger charge is -2.31. The maximum atomic E-state index is 11.6. The highest BCUT2D eigenvalue weighted by Crippen LogP contribution is 2.19. The quantitative estimate of drug-likeness (QED) is 0.634. The first-order chi connectivity index (χ1) is 9.65. The molecule has 3 N–H and O–H groups in total. The fourth-order valence-corrected chi connectivity index (χ4v) is 2.69. The van der Waals surface area contributed by atoms with Crippen molar-refractivity contribution in [2.75, 3.05) is 32.7 Å². The summed E-state index contributed by atoms with van der Waals surface area (Å²) in [5.41, 5.74) is 0. The van der Waals surface area contributed by atoms with Gasteiger partial charge in [0.1, 0.15) is 0 Å². The molecule has 0 saturated carbocycles. The third kappa shape index (κ3) is 7.10. The molecule has 20 heavy (non-hydrogen) atoms. The number of carbonyl (C=O) groups excluding carboxylic acids is 1. The lowest BCUT2D eigenvalue weighted by Crippen LogP contribution is -2.41. The normalized spacial score (nSPS) is 18.8. The summed E-state index contributed by atoms with van der Waals surface area (Å²) in [6, 6.07) is -0.161. The minimum atomic E-state index is -0.427. The number of rotatable bonds is 8. The molecule has 0 aromatic heterocycles. The Labute approximate surface area is 123 Å². The molecule has 1 unspecified atom stereocenters. The first-order valence-electron chi connectivity index (χ1n) is 8.07. The van der Waals surface area contributed by atoms with Gasteiger partial charge in [0.2, 0.25) is 0 Å². The maximum Gasteiger partial charge on any atom is 0.314 e. The molecule has 0 spiro atoms. The zero-order chi connectivity index (χ0) is 14.8. The van der Waals surface area contributed by atoms with E-state index in [2.05, 4.69) is 22.5 Å². The van der Waals surface area contributed by atoms with Gasteiger partial charge in [0.05, 0.1) is 6.10 Å². The number of aliphatic hydroxyl groups excluding tert-OH is 1. The zero-order valence-corrected chi connectivity index (χ0v) is 13.0. The van der Waals surface area contributed by atoms with Crippen LogP contribution in [0.5, 0.6) is 0 Å². The van der Waals surface area contributed by atoms with Crippen LogP contribution in [0.25, 0.3) is 0 Å². The van der Waals surface area contributed by atoms with E-state index in [1.807, 2.05) is 6.92 Å². The lowest BCUT2D eigenvalue weighted by atomic mass is 9.93. The average molecular weight is 285 g/mol. The number of hydrogen-bond acceptors (Lipinski definition) is 3. The van der Waals surface area contributed by atoms with Crippen LogP contribution in [0, 0.1) is 5.92 Å². The van der Waals surface area contributed by atoms with Crippen molar-refractivity contribution < 1.29 is 9.90 Å². The Bertz CT molecular complexity index is 266. The fourth-order valence-electron chi connectivity index (χ4n) is 2.69. The minimum absolute atomic E-state index is 0.161. The highest BCUT2D eigenvalue weighted by Gasteiger charge is 2.17. The Morgan fingerprint density at radius 3 is 2.60 bits per heavy atom. The van der Waals surface area contributed by atoms with Crippen LogP contribution >= 0.6 is 0 Å². The first-order valence-corrected chi connectivity index (χ1v) is 8.07. The number of carbonyl (C=O) groups is 1. The van der Waals surface area contributed by atoms with Crippen molar-refractivity contribution in [3.8, 4) is 0 Å². The summed E-state index contributed by atoms with van der Waals surface area (Å²) in [6.07, 6.45) is 4.78. The first kappa shape index (κ1) is 17.2. The Morgan fingerprint density at radius 1 is 1.30 bits per heavy atom. The Hall–Kier alpha value is -0.810. The SMILES string of the molecule is CCCC(O)CNC(=O)NCCC1CCN(CC)CC1. The van der Waals surface area contributed by atoms with Crippen molar-refractivity contribution in [1.29, 1.82) is 0 Å². The van der Waals surface area contributed by atoms with E-state index >= 15 is 0 Å². The minimum Gasteiger partial charge on any atom is -0.391 e. The van der Waals surface area contributed by atoms with Crippen LogP contribution in [0.4, 0.5) is 4.79 Å². The summed E-state index contributed by atoms with van der Waals surface area (Å²) in [5, 5.41) is 15.1. The number of nitrogens with zero attached hydrogens (tertiary/aromatic N) is 1. The summed E-state index contributed by atoms with van der Waals surface area (Å²) >= 11 is 0. The molecule has 0 radical (unpaired) electrons. The van der Waals surface area contributed by atoms with Crippen LogP contribution in [0.3, 0.4) is 0 Å². The molecular weight excluding hydrogens is 254 g/mol. The maximum absolute atomic E-state index is 11.6. The number of aliphatic hydroxyl groups is 1. The summed E-state index contributed by atoms with van der Waals surface area (Å²) in [7, 11) is 0. The standard InChI is InChI=1S/C15H31N3O2/c1-3-5-14(19)12-17-15(20)16-9-6-13-7-10-18(4-2)11-8-13/h13-14,19H,3-12H2,1-2H3,(H2,16,17,20). The van der Waals surface area contributed by atoms with Gasteiger partial charge in [0, 0.05) is 13.1 Å². The second-order valence-corrected chi connectivity index (χ2v) is 5.75. The van der Waals surface area contributed by atoms with Gasteiger partial charge in [-0.2, -0.15) is 0 Å². The molecule has 1 heterocycles. The van der Waals surface area contributed by atoms with E-state index < -0.39 is 6.10 Å². The van der Waals surface area contributed by atoms with Crippen LogP contribution in [-0.4, -0.2) is 54.9 Å².